The Labute approximate surface area is 193 Å². The summed E-state index contributed by atoms with van der Waals surface area (Å²) in [6.45, 7) is 5.11. The molecule has 0 spiro atoms. The van der Waals surface area contributed by atoms with E-state index < -0.39 is 14.3 Å². The Bertz CT molecular complexity index is 1030. The summed E-state index contributed by atoms with van der Waals surface area (Å²) in [7, 11) is 0.258. The number of nitrogens with zero attached hydrogens (tertiary/aromatic N) is 4. The van der Waals surface area contributed by atoms with Gasteiger partial charge in [-0.1, -0.05) is 30.3 Å². The lowest BCUT2D eigenvalue weighted by atomic mass is 10.2. The number of fused-ring (bicyclic) bond motifs is 1. The molecule has 0 saturated heterocycles. The molecular weight excluding hydrogens is 447 g/mol. The molecule has 0 saturated carbocycles. The van der Waals surface area contributed by atoms with Gasteiger partial charge in [0, 0.05) is 6.54 Å². The fourth-order valence-electron chi connectivity index (χ4n) is 2.93. The van der Waals surface area contributed by atoms with E-state index in [1.165, 1.54) is 7.11 Å². The van der Waals surface area contributed by atoms with Crippen LogP contribution in [-0.2, 0) is 31.9 Å². The van der Waals surface area contributed by atoms with Crippen LogP contribution in [0.4, 0.5) is 5.95 Å². The van der Waals surface area contributed by atoms with Crippen molar-refractivity contribution in [2.24, 2.45) is 0 Å². The Kier molecular flexibility index (Phi) is 9.32. The Morgan fingerprint density at radius 1 is 1.27 bits per heavy atom. The highest BCUT2D eigenvalue weighted by Crippen LogP contribution is 2.34. The van der Waals surface area contributed by atoms with Gasteiger partial charge in [0.25, 0.3) is 0 Å². The van der Waals surface area contributed by atoms with Crippen LogP contribution >= 0.6 is 8.30 Å². The van der Waals surface area contributed by atoms with Crippen molar-refractivity contribution in [1.82, 2.24) is 24.6 Å². The number of ether oxygens (including phenoxy) is 3. The van der Waals surface area contributed by atoms with Crippen molar-refractivity contribution in [2.45, 2.75) is 33.0 Å². The van der Waals surface area contributed by atoms with Gasteiger partial charge in [-0.05, 0) is 19.4 Å². The van der Waals surface area contributed by atoms with Gasteiger partial charge in [-0.3, -0.25) is 9.88 Å². The van der Waals surface area contributed by atoms with Crippen molar-refractivity contribution in [3.63, 3.8) is 0 Å². The average molecular weight is 476 g/mol. The Morgan fingerprint density at radius 2 is 2.06 bits per heavy atom. The monoisotopic (exact) mass is 476 g/mol. The van der Waals surface area contributed by atoms with Crippen LogP contribution in [-0.4, -0.2) is 58.2 Å². The van der Waals surface area contributed by atoms with E-state index >= 15 is 0 Å². The molecular formula is C21H29N6O5P. The number of nitrogen functional groups attached to an aromatic ring is 1. The van der Waals surface area contributed by atoms with Crippen molar-refractivity contribution in [3.8, 4) is 5.88 Å². The van der Waals surface area contributed by atoms with Gasteiger partial charge in [0.2, 0.25) is 11.8 Å². The zero-order valence-electron chi connectivity index (χ0n) is 18.9. The SMILES string of the molecule is CCOC(=O)C(C)NP(COCCn1cnc2c(OC)nc(N)nc21)OCc1ccccc1. The minimum Gasteiger partial charge on any atom is -0.479 e. The van der Waals surface area contributed by atoms with E-state index in [0.29, 0.717) is 49.8 Å². The number of benzene rings is 1. The predicted octanol–water partition coefficient (Wildman–Crippen LogP) is 2.46. The van der Waals surface area contributed by atoms with Gasteiger partial charge in [-0.25, -0.2) is 4.98 Å². The minimum absolute atomic E-state index is 0.108. The number of carbonyl (C=O) groups excluding carboxylic acids is 1. The summed E-state index contributed by atoms with van der Waals surface area (Å²) in [5, 5.41) is 3.19. The number of esters is 1. The molecule has 2 heterocycles. The van der Waals surface area contributed by atoms with Crippen molar-refractivity contribution >= 4 is 31.4 Å². The number of methoxy groups -OCH3 is 1. The second-order valence-electron chi connectivity index (χ2n) is 6.98. The number of hydrogen-bond acceptors (Lipinski definition) is 10. The molecule has 2 aromatic heterocycles. The molecule has 178 valence electrons. The number of anilines is 1. The van der Waals surface area contributed by atoms with Crippen LogP contribution in [0.1, 0.15) is 19.4 Å². The van der Waals surface area contributed by atoms with Crippen LogP contribution in [0.3, 0.4) is 0 Å². The summed E-state index contributed by atoms with van der Waals surface area (Å²) in [5.41, 5.74) is 7.90. The van der Waals surface area contributed by atoms with Crippen LogP contribution < -0.4 is 15.6 Å². The fraction of sp³-hybridized carbons (Fsp3) is 0.429. The molecule has 1 aromatic carbocycles. The van der Waals surface area contributed by atoms with Gasteiger partial charge in [0.05, 0.1) is 33.3 Å². The first-order valence-electron chi connectivity index (χ1n) is 10.5. The van der Waals surface area contributed by atoms with E-state index in [2.05, 4.69) is 20.0 Å². The number of aromatic nitrogens is 4. The van der Waals surface area contributed by atoms with E-state index in [9.17, 15) is 4.79 Å². The van der Waals surface area contributed by atoms with Crippen LogP contribution in [0.15, 0.2) is 36.7 Å². The number of nitrogens with one attached hydrogen (secondary N) is 1. The summed E-state index contributed by atoms with van der Waals surface area (Å²) < 4.78 is 24.0. The molecule has 0 radical (unpaired) electrons. The molecule has 3 rings (SSSR count). The van der Waals surface area contributed by atoms with Crippen molar-refractivity contribution in [2.75, 3.05) is 32.4 Å². The number of hydrogen-bond donors (Lipinski definition) is 2. The Morgan fingerprint density at radius 3 is 2.79 bits per heavy atom. The molecule has 0 amide bonds. The number of rotatable bonds is 13. The van der Waals surface area contributed by atoms with E-state index in [-0.39, 0.29) is 11.9 Å². The summed E-state index contributed by atoms with van der Waals surface area (Å²) >= 11 is 0. The van der Waals surface area contributed by atoms with Gasteiger partial charge in [0.1, 0.15) is 20.7 Å². The number of nitrogens with two attached hydrogens (primary N) is 1. The van der Waals surface area contributed by atoms with Crippen molar-refractivity contribution in [1.29, 1.82) is 0 Å². The molecule has 0 aliphatic carbocycles. The lowest BCUT2D eigenvalue weighted by Crippen LogP contribution is -2.33. The summed E-state index contributed by atoms with van der Waals surface area (Å²) in [6, 6.07) is 9.30. The zero-order valence-corrected chi connectivity index (χ0v) is 19.8. The van der Waals surface area contributed by atoms with Gasteiger partial charge in [-0.15, -0.1) is 0 Å². The second kappa shape index (κ2) is 12.4. The third-order valence-electron chi connectivity index (χ3n) is 4.54. The molecule has 12 heteroatoms. The van der Waals surface area contributed by atoms with Crippen molar-refractivity contribution in [3.05, 3.63) is 42.2 Å². The highest BCUT2D eigenvalue weighted by atomic mass is 31.2. The van der Waals surface area contributed by atoms with Crippen LogP contribution in [0.2, 0.25) is 0 Å². The van der Waals surface area contributed by atoms with Crippen LogP contribution in [0, 0.1) is 0 Å². The van der Waals surface area contributed by atoms with E-state index in [0.717, 1.165) is 5.56 Å². The van der Waals surface area contributed by atoms with Crippen molar-refractivity contribution < 1.29 is 23.5 Å². The third kappa shape index (κ3) is 7.06. The van der Waals surface area contributed by atoms with E-state index in [1.807, 2.05) is 34.9 Å². The summed E-state index contributed by atoms with van der Waals surface area (Å²) in [4.78, 5) is 24.6. The first kappa shape index (κ1) is 24.8. The maximum absolute atomic E-state index is 12.0. The van der Waals surface area contributed by atoms with Gasteiger partial charge < -0.3 is 29.0 Å². The molecule has 11 nitrogen and oxygen atoms in total. The molecule has 0 aliphatic heterocycles. The lowest BCUT2D eigenvalue weighted by Gasteiger charge is -2.22. The molecule has 2 atom stereocenters. The summed E-state index contributed by atoms with van der Waals surface area (Å²) in [5.74, 6) is 0.105. The van der Waals surface area contributed by atoms with E-state index in [1.54, 1.807) is 20.2 Å². The van der Waals surface area contributed by atoms with E-state index in [4.69, 9.17) is 24.5 Å². The topological polar surface area (TPSA) is 136 Å². The van der Waals surface area contributed by atoms with Gasteiger partial charge >= 0.3 is 5.97 Å². The predicted molar refractivity (Wildman–Crippen MR) is 124 cm³/mol. The molecule has 0 fully saturated rings. The Balaban J connectivity index is 1.57. The molecule has 2 unspecified atom stereocenters. The second-order valence-corrected chi connectivity index (χ2v) is 8.51. The fourth-order valence-corrected chi connectivity index (χ4v) is 4.29. The normalized spacial score (nSPS) is 13.1. The first-order valence-corrected chi connectivity index (χ1v) is 11.9. The highest BCUT2D eigenvalue weighted by Gasteiger charge is 2.20. The van der Waals surface area contributed by atoms with Gasteiger partial charge in [0.15, 0.2) is 11.2 Å². The smallest absolute Gasteiger partial charge is 0.323 e. The first-order chi connectivity index (χ1) is 16.0. The molecule has 0 aliphatic rings. The quantitative estimate of drug-likeness (QED) is 0.215. The minimum atomic E-state index is -1.25. The highest BCUT2D eigenvalue weighted by molar-refractivity contribution is 7.50. The number of carbonyl (C=O) groups is 1. The summed E-state index contributed by atoms with van der Waals surface area (Å²) in [6.07, 6.45) is 1.93. The number of imidazole rings is 1. The average Bonchev–Trinajstić information content (AvgIpc) is 3.22. The molecule has 3 N–H and O–H groups in total. The Hall–Kier alpha value is -2.85. The maximum atomic E-state index is 12.0. The zero-order chi connectivity index (χ0) is 23.6. The van der Waals surface area contributed by atoms with Gasteiger partial charge in [-0.2, -0.15) is 9.97 Å². The van der Waals surface area contributed by atoms with Crippen LogP contribution in [0.25, 0.3) is 11.2 Å². The maximum Gasteiger partial charge on any atom is 0.323 e. The standard InChI is InChI=1S/C21H29N6O5P/c1-4-31-20(28)15(2)26-33(32-12-16-8-6-5-7-9-16)14-30-11-10-27-13-23-17-18(27)24-21(22)25-19(17)29-3/h5-9,13,15,26H,4,10-12,14H2,1-3H3,(H2,22,24,25). The third-order valence-corrected chi connectivity index (χ3v) is 6.07. The van der Waals surface area contributed by atoms with Crippen LogP contribution in [0.5, 0.6) is 5.88 Å². The molecule has 0 bridgehead atoms. The molecule has 33 heavy (non-hydrogen) atoms. The lowest BCUT2D eigenvalue weighted by molar-refractivity contribution is -0.144. The largest absolute Gasteiger partial charge is 0.479 e. The molecule has 3 aromatic rings.